The van der Waals surface area contributed by atoms with Crippen LogP contribution in [-0.2, 0) is 25.7 Å². The van der Waals surface area contributed by atoms with Crippen molar-refractivity contribution in [1.29, 1.82) is 0 Å². The number of halogens is 4. The van der Waals surface area contributed by atoms with E-state index < -0.39 is 22.8 Å². The zero-order valence-electron chi connectivity index (χ0n) is 17.9. The van der Waals surface area contributed by atoms with Gasteiger partial charge in [0.25, 0.3) is 5.91 Å². The maximum Gasteiger partial charge on any atom is 0.436 e. The summed E-state index contributed by atoms with van der Waals surface area (Å²) >= 11 is 5.73. The van der Waals surface area contributed by atoms with Crippen LogP contribution in [0.25, 0.3) is 0 Å². The van der Waals surface area contributed by atoms with Gasteiger partial charge in [-0.1, -0.05) is 35.9 Å². The molecule has 2 aromatic heterocycles. The van der Waals surface area contributed by atoms with Crippen LogP contribution in [-0.4, -0.2) is 22.2 Å². The van der Waals surface area contributed by atoms with Crippen LogP contribution in [0, 0.1) is 6.92 Å². The highest BCUT2D eigenvalue weighted by molar-refractivity contribution is 6.31. The van der Waals surface area contributed by atoms with Crippen molar-refractivity contribution in [2.75, 3.05) is 6.54 Å². The number of benzene rings is 1. The number of allylic oxidation sites excluding steroid dienone is 1. The number of hydrogen-bond acceptors (Lipinski definition) is 4. The molecule has 0 aliphatic carbocycles. The highest BCUT2D eigenvalue weighted by atomic mass is 35.5. The molecule has 0 bridgehead atoms. The van der Waals surface area contributed by atoms with E-state index in [1.54, 1.807) is 12.1 Å². The fourth-order valence-electron chi connectivity index (χ4n) is 3.14. The lowest BCUT2D eigenvalue weighted by atomic mass is 10.1. The van der Waals surface area contributed by atoms with Crippen LogP contribution in [0.5, 0.6) is 5.75 Å². The number of hydrogen-bond donors (Lipinski definition) is 1. The van der Waals surface area contributed by atoms with Gasteiger partial charge < -0.3 is 14.5 Å². The minimum absolute atomic E-state index is 0.116. The first kappa shape index (κ1) is 24.4. The third-order valence-electron chi connectivity index (χ3n) is 4.83. The Labute approximate surface area is 194 Å². The van der Waals surface area contributed by atoms with Gasteiger partial charge >= 0.3 is 6.18 Å². The number of aromatic nitrogens is 2. The Bertz CT molecular complexity index is 1120. The predicted molar refractivity (Wildman–Crippen MR) is 117 cm³/mol. The van der Waals surface area contributed by atoms with Gasteiger partial charge in [-0.3, -0.25) is 9.48 Å². The molecule has 2 heterocycles. The second-order valence-corrected chi connectivity index (χ2v) is 7.61. The van der Waals surface area contributed by atoms with Gasteiger partial charge in [-0.15, -0.1) is 6.58 Å². The van der Waals surface area contributed by atoms with Gasteiger partial charge in [0, 0.05) is 13.1 Å². The summed E-state index contributed by atoms with van der Waals surface area (Å²) in [7, 11) is 0. The van der Waals surface area contributed by atoms with Crippen molar-refractivity contribution in [3.63, 3.8) is 0 Å². The zero-order chi connectivity index (χ0) is 24.0. The topological polar surface area (TPSA) is 69.3 Å². The average molecular weight is 482 g/mol. The van der Waals surface area contributed by atoms with E-state index in [-0.39, 0.29) is 31.2 Å². The molecule has 0 saturated carbocycles. The quantitative estimate of drug-likeness (QED) is 0.303. The number of ether oxygens (including phenoxy) is 1. The van der Waals surface area contributed by atoms with Crippen molar-refractivity contribution in [2.45, 2.75) is 39.1 Å². The first-order valence-electron chi connectivity index (χ1n) is 10.2. The molecule has 10 heteroatoms. The van der Waals surface area contributed by atoms with E-state index in [1.165, 1.54) is 17.7 Å². The minimum atomic E-state index is -4.62. The van der Waals surface area contributed by atoms with Crippen molar-refractivity contribution in [2.24, 2.45) is 0 Å². The van der Waals surface area contributed by atoms with Crippen LogP contribution in [0.3, 0.4) is 0 Å². The number of nitrogens with zero attached hydrogens (tertiary/aromatic N) is 2. The monoisotopic (exact) mass is 481 g/mol. The molecule has 3 rings (SSSR count). The molecule has 0 aliphatic heterocycles. The number of aryl methyl sites for hydroxylation is 1. The van der Waals surface area contributed by atoms with Gasteiger partial charge in [-0.05, 0) is 43.5 Å². The highest BCUT2D eigenvalue weighted by Crippen LogP contribution is 2.35. The van der Waals surface area contributed by atoms with Gasteiger partial charge in [0.05, 0.1) is 10.7 Å². The number of nitrogens with one attached hydrogen (secondary N) is 1. The Hall–Kier alpha value is -3.20. The van der Waals surface area contributed by atoms with Gasteiger partial charge in [0.1, 0.15) is 18.1 Å². The van der Waals surface area contributed by atoms with Crippen LogP contribution < -0.4 is 10.1 Å². The fourth-order valence-corrected chi connectivity index (χ4v) is 3.38. The van der Waals surface area contributed by atoms with Gasteiger partial charge in [-0.2, -0.15) is 18.3 Å². The van der Waals surface area contributed by atoms with E-state index in [0.29, 0.717) is 24.4 Å². The number of carbonyl (C=O) groups excluding carboxylic acids is 1. The average Bonchev–Trinajstić information content (AvgIpc) is 3.36. The number of carbonyl (C=O) groups is 1. The summed E-state index contributed by atoms with van der Waals surface area (Å²) in [5.41, 5.74) is 0.108. The SMILES string of the molecule is C=CCc1ccccc1OCc1ccc(C(=O)NCCCn2nc(C(F)(F)F)c(Cl)c2C)o1. The molecule has 0 radical (unpaired) electrons. The minimum Gasteiger partial charge on any atom is -0.485 e. The van der Waals surface area contributed by atoms with Gasteiger partial charge in [0.2, 0.25) is 0 Å². The normalized spacial score (nSPS) is 11.4. The van der Waals surface area contributed by atoms with E-state index in [0.717, 1.165) is 5.56 Å². The smallest absolute Gasteiger partial charge is 0.436 e. The van der Waals surface area contributed by atoms with Crippen molar-refractivity contribution in [3.8, 4) is 5.75 Å². The number of alkyl halides is 3. The van der Waals surface area contributed by atoms with E-state index >= 15 is 0 Å². The predicted octanol–water partition coefficient (Wildman–Crippen LogP) is 5.58. The van der Waals surface area contributed by atoms with Crippen LogP contribution in [0.15, 0.2) is 53.5 Å². The maximum atomic E-state index is 12.9. The molecule has 3 aromatic rings. The van der Waals surface area contributed by atoms with Crippen LogP contribution in [0.4, 0.5) is 13.2 Å². The Morgan fingerprint density at radius 1 is 1.30 bits per heavy atom. The van der Waals surface area contributed by atoms with E-state index in [1.807, 2.05) is 24.3 Å². The molecule has 0 atom stereocenters. The Kier molecular flexibility index (Phi) is 7.86. The molecule has 0 fully saturated rings. The number of amides is 1. The van der Waals surface area contributed by atoms with Crippen molar-refractivity contribution in [3.05, 3.63) is 82.5 Å². The standard InChI is InChI=1S/C23H23ClF3N3O3/c1-3-7-16-8-4-5-9-18(16)32-14-17-10-11-19(33-17)22(31)28-12-6-13-30-15(2)20(24)21(29-30)23(25,26)27/h3-5,8-11H,1,6-7,12-14H2,2H3,(H,28,31). The first-order valence-corrected chi connectivity index (χ1v) is 10.6. The number of rotatable bonds is 10. The van der Waals surface area contributed by atoms with Crippen molar-refractivity contribution < 1.29 is 27.1 Å². The van der Waals surface area contributed by atoms with E-state index in [9.17, 15) is 18.0 Å². The summed E-state index contributed by atoms with van der Waals surface area (Å²) in [4.78, 5) is 12.3. The lowest BCUT2D eigenvalue weighted by molar-refractivity contribution is -0.141. The number of furan rings is 1. The summed E-state index contributed by atoms with van der Waals surface area (Å²) in [6.45, 7) is 5.74. The van der Waals surface area contributed by atoms with Crippen molar-refractivity contribution >= 4 is 17.5 Å². The fraction of sp³-hybridized carbons (Fsp3) is 0.304. The van der Waals surface area contributed by atoms with Gasteiger partial charge in [0.15, 0.2) is 11.5 Å². The Morgan fingerprint density at radius 3 is 2.76 bits per heavy atom. The molecular formula is C23H23ClF3N3O3. The summed E-state index contributed by atoms with van der Waals surface area (Å²) in [6.07, 6.45) is -1.80. The van der Waals surface area contributed by atoms with E-state index in [2.05, 4.69) is 17.0 Å². The number of para-hydroxylation sites is 1. The molecule has 33 heavy (non-hydrogen) atoms. The first-order chi connectivity index (χ1) is 15.7. The lowest BCUT2D eigenvalue weighted by Gasteiger charge is -2.09. The maximum absolute atomic E-state index is 12.9. The van der Waals surface area contributed by atoms with Crippen LogP contribution in [0.2, 0.25) is 5.02 Å². The molecule has 1 N–H and O–H groups in total. The summed E-state index contributed by atoms with van der Waals surface area (Å²) in [6, 6.07) is 10.8. The van der Waals surface area contributed by atoms with Crippen LogP contribution >= 0.6 is 11.6 Å². The second-order valence-electron chi connectivity index (χ2n) is 7.23. The largest absolute Gasteiger partial charge is 0.485 e. The molecule has 176 valence electrons. The van der Waals surface area contributed by atoms with Gasteiger partial charge in [-0.25, -0.2) is 0 Å². The third-order valence-corrected chi connectivity index (χ3v) is 5.28. The Morgan fingerprint density at radius 2 is 2.06 bits per heavy atom. The highest BCUT2D eigenvalue weighted by Gasteiger charge is 2.38. The molecule has 6 nitrogen and oxygen atoms in total. The molecule has 0 unspecified atom stereocenters. The molecule has 0 spiro atoms. The van der Waals surface area contributed by atoms with E-state index in [4.69, 9.17) is 20.8 Å². The van der Waals surface area contributed by atoms with Crippen molar-refractivity contribution in [1.82, 2.24) is 15.1 Å². The summed E-state index contributed by atoms with van der Waals surface area (Å²) < 4.78 is 51.2. The third kappa shape index (κ3) is 6.19. The summed E-state index contributed by atoms with van der Waals surface area (Å²) in [5.74, 6) is 0.878. The lowest BCUT2D eigenvalue weighted by Crippen LogP contribution is -2.25. The molecule has 1 aromatic carbocycles. The molecule has 1 amide bonds. The van der Waals surface area contributed by atoms with Crippen LogP contribution in [0.1, 0.15) is 39.7 Å². The molecule has 0 saturated heterocycles. The summed E-state index contributed by atoms with van der Waals surface area (Å²) in [5, 5.41) is 5.79. The Balaban J connectivity index is 1.48. The zero-order valence-corrected chi connectivity index (χ0v) is 18.7. The molecule has 0 aliphatic rings. The second kappa shape index (κ2) is 10.6. The molecular weight excluding hydrogens is 459 g/mol.